The predicted molar refractivity (Wildman–Crippen MR) is 96.1 cm³/mol. The van der Waals surface area contributed by atoms with Gasteiger partial charge in [-0.05, 0) is 52.4 Å². The Bertz CT molecular complexity index is 734. The van der Waals surface area contributed by atoms with Gasteiger partial charge in [-0.25, -0.2) is 4.79 Å². The second-order valence-corrected chi connectivity index (χ2v) is 5.83. The fraction of sp³-hybridized carbons (Fsp3) is 0.125. The summed E-state index contributed by atoms with van der Waals surface area (Å²) in [5.74, 6) is -0.522. The first-order valence-corrected chi connectivity index (χ1v) is 7.78. The molecule has 2 amide bonds. The van der Waals surface area contributed by atoms with E-state index in [9.17, 15) is 9.59 Å². The highest BCUT2D eigenvalue weighted by atomic mass is 127. The van der Waals surface area contributed by atoms with Crippen molar-refractivity contribution in [1.29, 1.82) is 0 Å². The third kappa shape index (κ3) is 4.85. The number of anilines is 2. The Morgan fingerprint density at radius 1 is 1.13 bits per heavy atom. The summed E-state index contributed by atoms with van der Waals surface area (Å²) in [7, 11) is 1.46. The zero-order valence-electron chi connectivity index (χ0n) is 12.3. The molecule has 0 heterocycles. The van der Waals surface area contributed by atoms with Gasteiger partial charge in [0.1, 0.15) is 5.75 Å². The number of hydrogen-bond acceptors (Lipinski definition) is 3. The number of rotatable bonds is 5. The SMILES string of the molecule is COc1cc(CC(=O)O)ccc1NC(=O)Nc1ccccc1I. The fourth-order valence-corrected chi connectivity index (χ4v) is 2.48. The number of halogens is 1. The lowest BCUT2D eigenvalue weighted by atomic mass is 10.1. The number of carboxylic acids is 1. The van der Waals surface area contributed by atoms with Crippen LogP contribution in [0.25, 0.3) is 0 Å². The third-order valence-electron chi connectivity index (χ3n) is 2.99. The van der Waals surface area contributed by atoms with Gasteiger partial charge in [0, 0.05) is 3.57 Å². The number of amides is 2. The summed E-state index contributed by atoms with van der Waals surface area (Å²) in [5.41, 5.74) is 1.76. The van der Waals surface area contributed by atoms with E-state index in [1.807, 2.05) is 18.2 Å². The first-order chi connectivity index (χ1) is 11.0. The van der Waals surface area contributed by atoms with Crippen LogP contribution in [0.5, 0.6) is 5.75 Å². The van der Waals surface area contributed by atoms with Crippen LogP contribution in [-0.4, -0.2) is 24.2 Å². The highest BCUT2D eigenvalue weighted by Gasteiger charge is 2.11. The Morgan fingerprint density at radius 2 is 1.83 bits per heavy atom. The molecule has 2 aromatic carbocycles. The van der Waals surface area contributed by atoms with Gasteiger partial charge in [-0.1, -0.05) is 18.2 Å². The van der Waals surface area contributed by atoms with Crippen molar-refractivity contribution in [2.24, 2.45) is 0 Å². The molecule has 0 bridgehead atoms. The molecule has 0 atom stereocenters. The number of methoxy groups -OCH3 is 1. The number of benzene rings is 2. The van der Waals surface area contributed by atoms with Gasteiger partial charge in [0.2, 0.25) is 0 Å². The fourth-order valence-electron chi connectivity index (χ4n) is 1.96. The van der Waals surface area contributed by atoms with Crippen LogP contribution < -0.4 is 15.4 Å². The molecule has 0 aromatic heterocycles. The summed E-state index contributed by atoms with van der Waals surface area (Å²) >= 11 is 2.13. The summed E-state index contributed by atoms with van der Waals surface area (Å²) in [6.45, 7) is 0. The zero-order valence-corrected chi connectivity index (χ0v) is 14.5. The molecule has 0 aliphatic heterocycles. The van der Waals surface area contributed by atoms with Crippen LogP contribution in [0.2, 0.25) is 0 Å². The molecule has 0 aliphatic rings. The van der Waals surface area contributed by atoms with E-state index in [0.717, 1.165) is 3.57 Å². The van der Waals surface area contributed by atoms with Crippen molar-refractivity contribution in [1.82, 2.24) is 0 Å². The molecule has 0 unspecified atom stereocenters. The van der Waals surface area contributed by atoms with Crippen LogP contribution in [0.3, 0.4) is 0 Å². The van der Waals surface area contributed by atoms with Crippen LogP contribution in [0.15, 0.2) is 42.5 Å². The average molecular weight is 426 g/mol. The van der Waals surface area contributed by atoms with Crippen LogP contribution in [0.4, 0.5) is 16.2 Å². The highest BCUT2D eigenvalue weighted by molar-refractivity contribution is 14.1. The van der Waals surface area contributed by atoms with Crippen LogP contribution in [0.1, 0.15) is 5.56 Å². The number of aliphatic carboxylic acids is 1. The molecule has 3 N–H and O–H groups in total. The number of hydrogen-bond donors (Lipinski definition) is 3. The van der Waals surface area contributed by atoms with Crippen molar-refractivity contribution in [3.8, 4) is 5.75 Å². The van der Waals surface area contributed by atoms with Crippen molar-refractivity contribution < 1.29 is 19.4 Å². The smallest absolute Gasteiger partial charge is 0.323 e. The highest BCUT2D eigenvalue weighted by Crippen LogP contribution is 2.26. The Kier molecular flexibility index (Phi) is 5.80. The number of urea groups is 1. The summed E-state index contributed by atoms with van der Waals surface area (Å²) in [6, 6.07) is 11.8. The first-order valence-electron chi connectivity index (χ1n) is 6.71. The second kappa shape index (κ2) is 7.82. The van der Waals surface area contributed by atoms with Crippen molar-refractivity contribution in [2.45, 2.75) is 6.42 Å². The normalized spacial score (nSPS) is 10.0. The Balaban J connectivity index is 2.11. The number of ether oxygens (including phenoxy) is 1. The minimum Gasteiger partial charge on any atom is -0.495 e. The molecule has 23 heavy (non-hydrogen) atoms. The average Bonchev–Trinajstić information content (AvgIpc) is 2.50. The molecule has 2 rings (SSSR count). The first kappa shape index (κ1) is 17.1. The molecule has 0 aliphatic carbocycles. The Morgan fingerprint density at radius 3 is 2.48 bits per heavy atom. The number of carbonyl (C=O) groups excluding carboxylic acids is 1. The van der Waals surface area contributed by atoms with Gasteiger partial charge in [-0.2, -0.15) is 0 Å². The number of carboxylic acid groups (broad SMARTS) is 1. The molecular formula is C16H15IN2O4. The second-order valence-electron chi connectivity index (χ2n) is 4.66. The lowest BCUT2D eigenvalue weighted by Crippen LogP contribution is -2.20. The van der Waals surface area contributed by atoms with Crippen molar-refractivity contribution in [2.75, 3.05) is 17.7 Å². The number of carbonyl (C=O) groups is 2. The minimum absolute atomic E-state index is 0.106. The summed E-state index contributed by atoms with van der Waals surface area (Å²) in [5, 5.41) is 14.3. The quantitative estimate of drug-likeness (QED) is 0.638. The summed E-state index contributed by atoms with van der Waals surface area (Å²) in [4.78, 5) is 22.8. The maximum absolute atomic E-state index is 12.1. The van der Waals surface area contributed by atoms with Gasteiger partial charge >= 0.3 is 12.0 Å². The third-order valence-corrected chi connectivity index (χ3v) is 3.93. The van der Waals surface area contributed by atoms with E-state index in [-0.39, 0.29) is 6.42 Å². The van der Waals surface area contributed by atoms with Gasteiger partial charge in [-0.3, -0.25) is 4.79 Å². The zero-order chi connectivity index (χ0) is 16.8. The molecule has 7 heteroatoms. The molecule has 6 nitrogen and oxygen atoms in total. The van der Waals surface area contributed by atoms with Crippen LogP contribution in [-0.2, 0) is 11.2 Å². The van der Waals surface area contributed by atoms with Crippen molar-refractivity contribution in [3.05, 3.63) is 51.6 Å². The number of nitrogens with one attached hydrogen (secondary N) is 2. The maximum Gasteiger partial charge on any atom is 0.323 e. The Hall–Kier alpha value is -2.29. The van der Waals surface area contributed by atoms with Crippen LogP contribution >= 0.6 is 22.6 Å². The molecule has 0 saturated carbocycles. The van der Waals surface area contributed by atoms with E-state index < -0.39 is 12.0 Å². The van der Waals surface area contributed by atoms with Crippen molar-refractivity contribution in [3.63, 3.8) is 0 Å². The molecule has 120 valence electrons. The van der Waals surface area contributed by atoms with E-state index in [2.05, 4.69) is 33.2 Å². The predicted octanol–water partition coefficient (Wildman–Crippen LogP) is 3.57. The largest absolute Gasteiger partial charge is 0.495 e. The van der Waals surface area contributed by atoms with Gasteiger partial charge in [0.25, 0.3) is 0 Å². The minimum atomic E-state index is -0.927. The lowest BCUT2D eigenvalue weighted by molar-refractivity contribution is -0.136. The van der Waals surface area contributed by atoms with Gasteiger partial charge in [0.05, 0.1) is 24.9 Å². The van der Waals surface area contributed by atoms with E-state index in [0.29, 0.717) is 22.7 Å². The Labute approximate surface area is 147 Å². The molecule has 2 aromatic rings. The lowest BCUT2D eigenvalue weighted by Gasteiger charge is -2.13. The standard InChI is InChI=1S/C16H15IN2O4/c1-23-14-8-10(9-15(20)21)6-7-13(14)19-16(22)18-12-5-3-2-4-11(12)17/h2-8H,9H2,1H3,(H,20,21)(H2,18,19,22). The van der Waals surface area contributed by atoms with E-state index in [1.54, 1.807) is 24.3 Å². The molecule has 0 radical (unpaired) electrons. The number of para-hydroxylation sites is 1. The maximum atomic E-state index is 12.1. The van der Waals surface area contributed by atoms with E-state index in [1.165, 1.54) is 7.11 Å². The molecule has 0 saturated heterocycles. The van der Waals surface area contributed by atoms with Gasteiger partial charge in [-0.15, -0.1) is 0 Å². The summed E-state index contributed by atoms with van der Waals surface area (Å²) < 4.78 is 6.13. The van der Waals surface area contributed by atoms with Crippen LogP contribution in [0, 0.1) is 3.57 Å². The molecule has 0 spiro atoms. The van der Waals surface area contributed by atoms with E-state index in [4.69, 9.17) is 9.84 Å². The summed E-state index contributed by atoms with van der Waals surface area (Å²) in [6.07, 6.45) is -0.106. The monoisotopic (exact) mass is 426 g/mol. The van der Waals surface area contributed by atoms with E-state index >= 15 is 0 Å². The molecule has 0 fully saturated rings. The van der Waals surface area contributed by atoms with Crippen molar-refractivity contribution >= 4 is 46.0 Å². The van der Waals surface area contributed by atoms with Gasteiger partial charge < -0.3 is 20.5 Å². The topological polar surface area (TPSA) is 87.7 Å². The van der Waals surface area contributed by atoms with Gasteiger partial charge in [0.15, 0.2) is 0 Å². The molecular weight excluding hydrogens is 411 g/mol.